The second kappa shape index (κ2) is 46.3. The van der Waals surface area contributed by atoms with Crippen LogP contribution in [0, 0.1) is 0 Å². The van der Waals surface area contributed by atoms with Crippen LogP contribution in [-0.4, -0.2) is 68.5 Å². The van der Waals surface area contributed by atoms with Crippen molar-refractivity contribution in [2.75, 3.05) is 40.9 Å². The molecule has 0 aliphatic heterocycles. The summed E-state index contributed by atoms with van der Waals surface area (Å²) in [7, 11) is 1.24. The van der Waals surface area contributed by atoms with Crippen molar-refractivity contribution in [1.29, 1.82) is 0 Å². The normalized spacial score (nSPS) is 15.0. The van der Waals surface area contributed by atoms with Gasteiger partial charge in [0.2, 0.25) is 5.91 Å². The molecule has 3 unspecified atom stereocenters. The number of aliphatic hydroxyl groups is 1. The van der Waals surface area contributed by atoms with Gasteiger partial charge >= 0.3 is 0 Å². The van der Waals surface area contributed by atoms with Crippen LogP contribution >= 0.6 is 7.82 Å². The maximum absolute atomic E-state index is 12.7. The topological polar surface area (TPSA) is 108 Å². The Kier molecular flexibility index (Phi) is 44.3. The number of nitrogens with zero attached hydrogens (tertiary/aromatic N) is 1. The monoisotopic (exact) mass is 925 g/mol. The van der Waals surface area contributed by atoms with Gasteiger partial charge in [0.1, 0.15) is 13.2 Å². The molecule has 3 atom stereocenters. The Balaban J connectivity index is 3.82. The molecule has 0 aromatic heterocycles. The molecule has 0 aromatic carbocycles. The average Bonchev–Trinajstić information content (AvgIpc) is 3.26. The number of carbonyl (C=O) groups excluding carboxylic acids is 1. The average molecular weight is 925 g/mol. The van der Waals surface area contributed by atoms with Crippen molar-refractivity contribution in [3.05, 3.63) is 109 Å². The van der Waals surface area contributed by atoms with E-state index in [1.165, 1.54) is 77.0 Å². The van der Waals surface area contributed by atoms with E-state index < -0.39 is 20.0 Å². The molecular formula is C56H97N2O6P. The first-order valence-corrected chi connectivity index (χ1v) is 27.2. The molecule has 9 heteroatoms. The molecule has 8 nitrogen and oxygen atoms in total. The first kappa shape index (κ1) is 62.2. The largest absolute Gasteiger partial charge is 0.756 e. The van der Waals surface area contributed by atoms with E-state index in [0.29, 0.717) is 17.4 Å². The lowest BCUT2D eigenvalue weighted by molar-refractivity contribution is -0.870. The molecule has 372 valence electrons. The Labute approximate surface area is 400 Å². The van der Waals surface area contributed by atoms with Crippen LogP contribution in [0.25, 0.3) is 0 Å². The highest BCUT2D eigenvalue weighted by Gasteiger charge is 2.23. The number of nitrogens with one attached hydrogen (secondary N) is 1. The molecule has 0 aliphatic rings. The van der Waals surface area contributed by atoms with E-state index in [0.717, 1.165) is 89.9 Å². The maximum atomic E-state index is 12.7. The number of phosphoric acid groups is 1. The van der Waals surface area contributed by atoms with Gasteiger partial charge in [0, 0.05) is 6.42 Å². The molecule has 65 heavy (non-hydrogen) atoms. The fraction of sp³-hybridized carbons (Fsp3) is 0.661. The zero-order valence-electron chi connectivity index (χ0n) is 42.1. The molecule has 1 amide bonds. The van der Waals surface area contributed by atoms with Gasteiger partial charge in [-0.25, -0.2) is 0 Å². The van der Waals surface area contributed by atoms with Crippen LogP contribution in [0.15, 0.2) is 109 Å². The van der Waals surface area contributed by atoms with Crippen molar-refractivity contribution in [1.82, 2.24) is 5.32 Å². The number of carbonyl (C=O) groups is 1. The fourth-order valence-corrected chi connectivity index (χ4v) is 7.41. The lowest BCUT2D eigenvalue weighted by atomic mass is 10.0. The molecule has 0 bridgehead atoms. The van der Waals surface area contributed by atoms with Gasteiger partial charge in [-0.15, -0.1) is 0 Å². The van der Waals surface area contributed by atoms with Crippen molar-refractivity contribution < 1.29 is 32.9 Å². The predicted octanol–water partition coefficient (Wildman–Crippen LogP) is 14.6. The third kappa shape index (κ3) is 48.9. The van der Waals surface area contributed by atoms with Gasteiger partial charge in [-0.05, 0) is 77.0 Å². The van der Waals surface area contributed by atoms with Crippen molar-refractivity contribution in [3.8, 4) is 0 Å². The van der Waals surface area contributed by atoms with E-state index in [2.05, 4.69) is 116 Å². The third-order valence-electron chi connectivity index (χ3n) is 10.7. The number of aliphatic hydroxyl groups excluding tert-OH is 1. The highest BCUT2D eigenvalue weighted by molar-refractivity contribution is 7.45. The summed E-state index contributed by atoms with van der Waals surface area (Å²) in [5, 5.41) is 13.5. The van der Waals surface area contributed by atoms with Crippen LogP contribution < -0.4 is 10.2 Å². The Hall–Kier alpha value is -2.84. The van der Waals surface area contributed by atoms with Gasteiger partial charge in [0.25, 0.3) is 7.82 Å². The quantitative estimate of drug-likeness (QED) is 0.0273. The molecule has 0 rings (SSSR count). The summed E-state index contributed by atoms with van der Waals surface area (Å²) >= 11 is 0. The third-order valence-corrected chi connectivity index (χ3v) is 11.7. The standard InChI is InChI=1S/C56H97N2O6P/c1-6-8-10-12-13-14-15-16-17-18-19-20-21-22-23-24-25-26-27-28-29-30-31-32-33-34-35-36-37-38-39-40-41-42-43-44-45-46-48-50-56(60)57-54(55(59)49-47-11-9-7-2)53-64-65(61,62)63-52-51-58(3,4)5/h8,10,13-14,16-17,19-20,22-23,25-26,28-29,31-32,47,49,54-55,59H,6-7,9,11-12,15,18,21,24,27,30,33-46,48,50-53H2,1-5H3,(H-,57,60,61,62)/b10-8-,14-13-,17-16-,20-19-,23-22-,26-25-,29-28-,32-31-,49-47+. The fourth-order valence-electron chi connectivity index (χ4n) is 6.68. The minimum absolute atomic E-state index is 0.00637. The predicted molar refractivity (Wildman–Crippen MR) is 279 cm³/mol. The summed E-state index contributed by atoms with van der Waals surface area (Å²) in [5.41, 5.74) is 0. The van der Waals surface area contributed by atoms with Crippen LogP contribution in [0.4, 0.5) is 0 Å². The van der Waals surface area contributed by atoms with Gasteiger partial charge in [-0.2, -0.15) is 0 Å². The molecule has 0 spiro atoms. The number of hydrogen-bond donors (Lipinski definition) is 2. The molecular weight excluding hydrogens is 828 g/mol. The lowest BCUT2D eigenvalue weighted by Gasteiger charge is -2.29. The Bertz CT molecular complexity index is 1420. The number of unbranched alkanes of at least 4 members (excludes halogenated alkanes) is 16. The van der Waals surface area contributed by atoms with Crippen LogP contribution in [-0.2, 0) is 18.4 Å². The van der Waals surface area contributed by atoms with Gasteiger partial charge in [0.05, 0.1) is 39.9 Å². The molecule has 0 saturated carbocycles. The van der Waals surface area contributed by atoms with E-state index in [1.807, 2.05) is 27.2 Å². The van der Waals surface area contributed by atoms with Crippen molar-refractivity contribution in [2.45, 2.75) is 199 Å². The molecule has 2 N–H and O–H groups in total. The van der Waals surface area contributed by atoms with E-state index in [4.69, 9.17) is 9.05 Å². The number of rotatable bonds is 45. The maximum Gasteiger partial charge on any atom is 0.268 e. The lowest BCUT2D eigenvalue weighted by Crippen LogP contribution is -2.45. The van der Waals surface area contributed by atoms with Crippen LogP contribution in [0.3, 0.4) is 0 Å². The van der Waals surface area contributed by atoms with E-state index in [9.17, 15) is 19.4 Å². The summed E-state index contributed by atoms with van der Waals surface area (Å²) in [5.74, 6) is -0.213. The molecule has 0 aliphatic carbocycles. The van der Waals surface area contributed by atoms with E-state index >= 15 is 0 Å². The molecule has 0 aromatic rings. The number of phosphoric ester groups is 1. The van der Waals surface area contributed by atoms with Crippen LogP contribution in [0.2, 0.25) is 0 Å². The number of quaternary nitrogens is 1. The highest BCUT2D eigenvalue weighted by atomic mass is 31.2. The Morgan fingerprint density at radius 1 is 0.554 bits per heavy atom. The minimum atomic E-state index is -4.57. The zero-order valence-corrected chi connectivity index (χ0v) is 43.0. The summed E-state index contributed by atoms with van der Waals surface area (Å²) < 4.78 is 23.0. The minimum Gasteiger partial charge on any atom is -0.756 e. The van der Waals surface area contributed by atoms with Gasteiger partial charge < -0.3 is 28.8 Å². The number of allylic oxidation sites excluding steroid dienone is 17. The van der Waals surface area contributed by atoms with Crippen LogP contribution in [0.1, 0.15) is 187 Å². The SMILES string of the molecule is CC/C=C\C/C=C\C/C=C\C/C=C\C/C=C\C/C=C\C/C=C\C/C=C\CCCCCCCCCCCCCCCCC(=O)NC(COP(=O)([O-])OCC[N+](C)(C)C)C(O)/C=C/CCCC. The molecule has 0 saturated heterocycles. The smallest absolute Gasteiger partial charge is 0.268 e. The van der Waals surface area contributed by atoms with Gasteiger partial charge in [-0.3, -0.25) is 9.36 Å². The number of amides is 1. The van der Waals surface area contributed by atoms with Crippen LogP contribution in [0.5, 0.6) is 0 Å². The number of likely N-dealkylation sites (N-methyl/N-ethyl adjacent to an activating group) is 1. The Morgan fingerprint density at radius 3 is 1.35 bits per heavy atom. The van der Waals surface area contributed by atoms with Crippen molar-refractivity contribution in [2.24, 2.45) is 0 Å². The number of hydrogen-bond acceptors (Lipinski definition) is 6. The van der Waals surface area contributed by atoms with Crippen molar-refractivity contribution >= 4 is 13.7 Å². The molecule has 0 radical (unpaired) electrons. The molecule has 0 fully saturated rings. The summed E-state index contributed by atoms with van der Waals surface area (Å²) in [6, 6.07) is -0.887. The first-order valence-electron chi connectivity index (χ1n) is 25.7. The van der Waals surface area contributed by atoms with E-state index in [-0.39, 0.29) is 19.1 Å². The van der Waals surface area contributed by atoms with E-state index in [1.54, 1.807) is 6.08 Å². The zero-order chi connectivity index (χ0) is 47.8. The first-order chi connectivity index (χ1) is 31.5. The summed E-state index contributed by atoms with van der Waals surface area (Å²) in [6.45, 7) is 4.35. The van der Waals surface area contributed by atoms with Gasteiger partial charge in [-0.1, -0.05) is 213 Å². The molecule has 0 heterocycles. The summed E-state index contributed by atoms with van der Waals surface area (Å²) in [6.07, 6.45) is 68.1. The second-order valence-corrected chi connectivity index (χ2v) is 19.6. The Morgan fingerprint density at radius 2 is 0.938 bits per heavy atom. The summed E-state index contributed by atoms with van der Waals surface area (Å²) in [4.78, 5) is 25.1. The second-order valence-electron chi connectivity index (χ2n) is 18.1. The van der Waals surface area contributed by atoms with Gasteiger partial charge in [0.15, 0.2) is 0 Å². The highest BCUT2D eigenvalue weighted by Crippen LogP contribution is 2.38. The van der Waals surface area contributed by atoms with Crippen molar-refractivity contribution in [3.63, 3.8) is 0 Å².